The molecule has 0 radical (unpaired) electrons. The molecule has 0 saturated carbocycles. The summed E-state index contributed by atoms with van der Waals surface area (Å²) in [6.07, 6.45) is 0.940. The molecule has 1 unspecified atom stereocenters. The van der Waals surface area contributed by atoms with Crippen molar-refractivity contribution in [3.8, 4) is 17.2 Å². The van der Waals surface area contributed by atoms with Gasteiger partial charge in [-0.15, -0.1) is 0 Å². The minimum absolute atomic E-state index is 0.689. The van der Waals surface area contributed by atoms with Crippen LogP contribution in [0.2, 0.25) is 5.15 Å². The molecule has 2 aromatic carbocycles. The van der Waals surface area contributed by atoms with E-state index in [1.54, 1.807) is 14.2 Å². The van der Waals surface area contributed by atoms with E-state index in [0.717, 1.165) is 48.0 Å². The number of halogens is 1. The van der Waals surface area contributed by atoms with E-state index in [2.05, 4.69) is 18.2 Å². The molecule has 148 valence electrons. The van der Waals surface area contributed by atoms with Crippen LogP contribution in [0.5, 0.6) is 11.5 Å². The van der Waals surface area contributed by atoms with Crippen LogP contribution in [0.4, 0.5) is 0 Å². The number of methoxy groups -OCH3 is 2. The van der Waals surface area contributed by atoms with Crippen molar-refractivity contribution in [3.05, 3.63) is 70.5 Å². The lowest BCUT2D eigenvalue weighted by molar-refractivity contribution is -0.893. The molecule has 0 aliphatic heterocycles. The zero-order valence-corrected chi connectivity index (χ0v) is 17.6. The van der Waals surface area contributed by atoms with Crippen molar-refractivity contribution in [1.29, 1.82) is 0 Å². The predicted molar refractivity (Wildman–Crippen MR) is 112 cm³/mol. The third kappa shape index (κ3) is 4.49. The number of quaternary nitrogens is 1. The van der Waals surface area contributed by atoms with E-state index in [1.165, 1.54) is 10.5 Å². The number of benzene rings is 2. The molecule has 0 aliphatic carbocycles. The van der Waals surface area contributed by atoms with Crippen LogP contribution >= 0.6 is 11.6 Å². The Labute approximate surface area is 171 Å². The fraction of sp³-hybridized carbons (Fsp3) is 0.318. The summed E-state index contributed by atoms with van der Waals surface area (Å²) in [7, 11) is 5.49. The van der Waals surface area contributed by atoms with Crippen LogP contribution in [0, 0.1) is 6.92 Å². The Morgan fingerprint density at radius 3 is 2.43 bits per heavy atom. The Morgan fingerprint density at radius 1 is 1.04 bits per heavy atom. The predicted octanol–water partition coefficient (Wildman–Crippen LogP) is 3.11. The maximum Gasteiger partial charge on any atom is 0.160 e. The number of nitrogens with zero attached hydrogens (tertiary/aromatic N) is 2. The molecule has 0 saturated heterocycles. The largest absolute Gasteiger partial charge is 0.493 e. The van der Waals surface area contributed by atoms with Gasteiger partial charge in [-0.1, -0.05) is 35.9 Å². The van der Waals surface area contributed by atoms with E-state index in [1.807, 2.05) is 54.1 Å². The summed E-state index contributed by atoms with van der Waals surface area (Å²) >= 11 is 6.66. The third-order valence-corrected chi connectivity index (χ3v) is 5.28. The molecule has 1 aromatic heterocycles. The van der Waals surface area contributed by atoms with Gasteiger partial charge in [0.25, 0.3) is 0 Å². The van der Waals surface area contributed by atoms with E-state index in [9.17, 15) is 0 Å². The van der Waals surface area contributed by atoms with Gasteiger partial charge < -0.3 is 14.4 Å². The van der Waals surface area contributed by atoms with Crippen LogP contribution < -0.4 is 14.4 Å². The lowest BCUT2D eigenvalue weighted by atomic mass is 10.1. The smallest absolute Gasteiger partial charge is 0.160 e. The van der Waals surface area contributed by atoms with Crippen molar-refractivity contribution in [2.75, 3.05) is 27.8 Å². The second-order valence-electron chi connectivity index (χ2n) is 6.93. The monoisotopic (exact) mass is 400 g/mol. The first kappa shape index (κ1) is 20.2. The molecule has 1 heterocycles. The van der Waals surface area contributed by atoms with E-state index >= 15 is 0 Å². The number of hydrogen-bond acceptors (Lipinski definition) is 3. The lowest BCUT2D eigenvalue weighted by Crippen LogP contribution is -3.07. The van der Waals surface area contributed by atoms with Crippen LogP contribution in [0.1, 0.15) is 16.8 Å². The van der Waals surface area contributed by atoms with Crippen molar-refractivity contribution in [1.82, 2.24) is 9.78 Å². The molecule has 0 spiro atoms. The number of rotatable bonds is 8. The van der Waals surface area contributed by atoms with Crippen molar-refractivity contribution in [2.45, 2.75) is 19.9 Å². The number of aromatic nitrogens is 2. The number of hydrogen-bond donors (Lipinski definition) is 1. The van der Waals surface area contributed by atoms with E-state index in [-0.39, 0.29) is 0 Å². The van der Waals surface area contributed by atoms with Gasteiger partial charge in [-0.2, -0.15) is 5.10 Å². The number of para-hydroxylation sites is 1. The van der Waals surface area contributed by atoms with Crippen molar-refractivity contribution in [3.63, 3.8) is 0 Å². The van der Waals surface area contributed by atoms with Crippen LogP contribution in [0.15, 0.2) is 48.5 Å². The van der Waals surface area contributed by atoms with Gasteiger partial charge in [0.15, 0.2) is 11.5 Å². The molecule has 5 nitrogen and oxygen atoms in total. The maximum absolute atomic E-state index is 6.66. The number of likely N-dealkylation sites (N-methyl/N-ethyl adjacent to an activating group) is 1. The van der Waals surface area contributed by atoms with Gasteiger partial charge in [0.1, 0.15) is 11.7 Å². The van der Waals surface area contributed by atoms with E-state index < -0.39 is 0 Å². The number of ether oxygens (including phenoxy) is 2. The summed E-state index contributed by atoms with van der Waals surface area (Å²) < 4.78 is 12.5. The molecule has 3 aromatic rings. The second-order valence-corrected chi connectivity index (χ2v) is 7.28. The first-order valence-electron chi connectivity index (χ1n) is 9.35. The molecular formula is C22H27ClN3O2+. The molecule has 0 aliphatic rings. The van der Waals surface area contributed by atoms with Gasteiger partial charge in [-0.25, -0.2) is 4.68 Å². The van der Waals surface area contributed by atoms with Gasteiger partial charge in [0.05, 0.1) is 44.8 Å². The van der Waals surface area contributed by atoms with Gasteiger partial charge >= 0.3 is 0 Å². The zero-order valence-electron chi connectivity index (χ0n) is 16.8. The van der Waals surface area contributed by atoms with E-state index in [0.29, 0.717) is 5.15 Å². The van der Waals surface area contributed by atoms with Crippen LogP contribution in [-0.4, -0.2) is 37.6 Å². The highest BCUT2D eigenvalue weighted by molar-refractivity contribution is 6.30. The highest BCUT2D eigenvalue weighted by Gasteiger charge is 2.18. The molecular weight excluding hydrogens is 374 g/mol. The van der Waals surface area contributed by atoms with Gasteiger partial charge in [0.2, 0.25) is 0 Å². The first-order valence-corrected chi connectivity index (χ1v) is 9.73. The summed E-state index contributed by atoms with van der Waals surface area (Å²) in [5, 5.41) is 5.32. The minimum atomic E-state index is 0.689. The van der Waals surface area contributed by atoms with Crippen molar-refractivity contribution >= 4 is 11.6 Å². The fourth-order valence-corrected chi connectivity index (χ4v) is 3.60. The SMILES string of the molecule is COc1ccc(CC[NH+](C)Cc2c(C)nn(-c3ccccc3)c2Cl)cc1OC. The highest BCUT2D eigenvalue weighted by atomic mass is 35.5. The van der Waals surface area contributed by atoms with Crippen molar-refractivity contribution in [2.24, 2.45) is 0 Å². The Bertz CT molecular complexity index is 925. The molecule has 6 heteroatoms. The standard InChI is InChI=1S/C22H26ClN3O2/c1-16-19(22(23)26(24-16)18-8-6-5-7-9-18)15-25(2)13-12-17-10-11-20(27-3)21(14-17)28-4/h5-11,14H,12-13,15H2,1-4H3/p+1. The topological polar surface area (TPSA) is 40.7 Å². The van der Waals surface area contributed by atoms with Gasteiger partial charge in [0, 0.05) is 6.42 Å². The van der Waals surface area contributed by atoms with Crippen LogP contribution in [0.3, 0.4) is 0 Å². The Hall–Kier alpha value is -2.50. The minimum Gasteiger partial charge on any atom is -0.493 e. The summed E-state index contributed by atoms with van der Waals surface area (Å²) in [5.41, 5.74) is 4.26. The number of nitrogens with one attached hydrogen (secondary N) is 1. The molecule has 0 bridgehead atoms. The second kappa shape index (κ2) is 9.13. The maximum atomic E-state index is 6.66. The summed E-state index contributed by atoms with van der Waals surface area (Å²) in [4.78, 5) is 1.37. The van der Waals surface area contributed by atoms with Crippen LogP contribution in [-0.2, 0) is 13.0 Å². The van der Waals surface area contributed by atoms with Crippen molar-refractivity contribution < 1.29 is 14.4 Å². The highest BCUT2D eigenvalue weighted by Crippen LogP contribution is 2.27. The van der Waals surface area contributed by atoms with Crippen LogP contribution in [0.25, 0.3) is 5.69 Å². The first-order chi connectivity index (χ1) is 13.5. The Balaban J connectivity index is 1.67. The van der Waals surface area contributed by atoms with Gasteiger partial charge in [-0.3, -0.25) is 0 Å². The molecule has 1 N–H and O–H groups in total. The van der Waals surface area contributed by atoms with Gasteiger partial charge in [-0.05, 0) is 36.8 Å². The summed E-state index contributed by atoms with van der Waals surface area (Å²) in [5.74, 6) is 1.52. The zero-order chi connectivity index (χ0) is 20.1. The Kier molecular flexibility index (Phi) is 6.60. The molecule has 0 fully saturated rings. The lowest BCUT2D eigenvalue weighted by Gasteiger charge is -2.15. The summed E-state index contributed by atoms with van der Waals surface area (Å²) in [6.45, 7) is 3.81. The molecule has 28 heavy (non-hydrogen) atoms. The molecule has 1 atom stereocenters. The normalized spacial score (nSPS) is 12.0. The third-order valence-electron chi connectivity index (χ3n) is 4.89. The molecule has 3 rings (SSSR count). The summed E-state index contributed by atoms with van der Waals surface area (Å²) in [6, 6.07) is 16.1. The fourth-order valence-electron chi connectivity index (χ4n) is 3.26. The Morgan fingerprint density at radius 2 is 1.75 bits per heavy atom. The quantitative estimate of drug-likeness (QED) is 0.631. The van der Waals surface area contributed by atoms with E-state index in [4.69, 9.17) is 21.1 Å². The average molecular weight is 401 g/mol. The molecule has 0 amide bonds. The number of aryl methyl sites for hydroxylation is 1. The average Bonchev–Trinajstić information content (AvgIpc) is 3.00.